The van der Waals surface area contributed by atoms with Gasteiger partial charge in [-0.25, -0.2) is 9.97 Å². The van der Waals surface area contributed by atoms with Crippen LogP contribution in [0.3, 0.4) is 0 Å². The van der Waals surface area contributed by atoms with Gasteiger partial charge in [-0.15, -0.1) is 0 Å². The highest BCUT2D eigenvalue weighted by Crippen LogP contribution is 2.33. The number of nitrogens with one attached hydrogen (secondary N) is 1. The molecule has 1 aromatic heterocycles. The first kappa shape index (κ1) is 12.6. The Balaban J connectivity index is 2.24. The monoisotopic (exact) mass is 300 g/mol. The van der Waals surface area contributed by atoms with Gasteiger partial charge in [0.2, 0.25) is 0 Å². The van der Waals surface area contributed by atoms with Crippen molar-refractivity contribution in [3.05, 3.63) is 10.8 Å². The van der Waals surface area contributed by atoms with Crippen LogP contribution in [0, 0.1) is 0 Å². The van der Waals surface area contributed by atoms with Crippen molar-refractivity contribution >= 4 is 27.6 Å². The molecule has 6 heteroatoms. The first-order valence-corrected chi connectivity index (χ1v) is 6.54. The Morgan fingerprint density at radius 1 is 1.59 bits per heavy atom. The van der Waals surface area contributed by atoms with Crippen LogP contribution in [0.4, 0.5) is 11.6 Å². The maximum atomic E-state index is 9.97. The fourth-order valence-corrected chi connectivity index (χ4v) is 2.59. The fraction of sp³-hybridized carbons (Fsp3) is 0.636. The van der Waals surface area contributed by atoms with E-state index in [9.17, 15) is 5.11 Å². The van der Waals surface area contributed by atoms with Gasteiger partial charge in [0, 0.05) is 19.6 Å². The molecule has 1 unspecified atom stereocenters. The molecule has 1 aliphatic rings. The number of hydrogen-bond acceptors (Lipinski definition) is 5. The average Bonchev–Trinajstić information content (AvgIpc) is 2.62. The minimum Gasteiger partial charge on any atom is -0.388 e. The van der Waals surface area contributed by atoms with Gasteiger partial charge in [0.15, 0.2) is 0 Å². The van der Waals surface area contributed by atoms with Crippen molar-refractivity contribution in [3.63, 3.8) is 0 Å². The van der Waals surface area contributed by atoms with Crippen LogP contribution in [0.25, 0.3) is 0 Å². The molecule has 2 N–H and O–H groups in total. The van der Waals surface area contributed by atoms with Crippen molar-refractivity contribution < 1.29 is 5.11 Å². The molecule has 5 nitrogen and oxygen atoms in total. The summed E-state index contributed by atoms with van der Waals surface area (Å²) in [6.45, 7) is 6.11. The van der Waals surface area contributed by atoms with E-state index in [4.69, 9.17) is 0 Å². The summed E-state index contributed by atoms with van der Waals surface area (Å²) in [5.41, 5.74) is -0.622. The van der Waals surface area contributed by atoms with Crippen molar-refractivity contribution in [3.8, 4) is 0 Å². The molecule has 1 aliphatic heterocycles. The summed E-state index contributed by atoms with van der Waals surface area (Å²) in [7, 11) is 0. The van der Waals surface area contributed by atoms with Crippen LogP contribution in [0.2, 0.25) is 0 Å². The summed E-state index contributed by atoms with van der Waals surface area (Å²) >= 11 is 3.52. The molecule has 17 heavy (non-hydrogen) atoms. The molecule has 0 radical (unpaired) electrons. The summed E-state index contributed by atoms with van der Waals surface area (Å²) in [4.78, 5) is 10.5. The predicted molar refractivity (Wildman–Crippen MR) is 71.3 cm³/mol. The van der Waals surface area contributed by atoms with Gasteiger partial charge in [-0.2, -0.15) is 0 Å². The minimum absolute atomic E-state index is 0.605. The zero-order valence-electron chi connectivity index (χ0n) is 10.1. The zero-order valence-corrected chi connectivity index (χ0v) is 11.7. The molecule has 0 saturated carbocycles. The number of rotatable bonds is 3. The molecular weight excluding hydrogens is 284 g/mol. The van der Waals surface area contributed by atoms with Gasteiger partial charge in [-0.05, 0) is 36.2 Å². The second kappa shape index (κ2) is 4.78. The highest BCUT2D eigenvalue weighted by molar-refractivity contribution is 9.10. The van der Waals surface area contributed by atoms with Gasteiger partial charge in [-0.1, -0.05) is 0 Å². The van der Waals surface area contributed by atoms with E-state index in [1.165, 1.54) is 0 Å². The quantitative estimate of drug-likeness (QED) is 0.888. The second-order valence-electron chi connectivity index (χ2n) is 4.56. The van der Waals surface area contributed by atoms with Gasteiger partial charge in [0.1, 0.15) is 22.4 Å². The molecule has 0 aliphatic carbocycles. The lowest BCUT2D eigenvalue weighted by Gasteiger charge is -2.21. The van der Waals surface area contributed by atoms with Crippen molar-refractivity contribution in [1.29, 1.82) is 0 Å². The van der Waals surface area contributed by atoms with Crippen LogP contribution in [0.15, 0.2) is 10.8 Å². The highest BCUT2D eigenvalue weighted by atomic mass is 79.9. The topological polar surface area (TPSA) is 61.3 Å². The summed E-state index contributed by atoms with van der Waals surface area (Å²) in [5, 5.41) is 13.1. The van der Waals surface area contributed by atoms with Crippen LogP contribution in [-0.2, 0) is 0 Å². The lowest BCUT2D eigenvalue weighted by Crippen LogP contribution is -2.30. The molecule has 1 fully saturated rings. The normalized spacial score (nSPS) is 24.1. The van der Waals surface area contributed by atoms with Crippen molar-refractivity contribution in [2.45, 2.75) is 25.9 Å². The van der Waals surface area contributed by atoms with E-state index in [1.807, 2.05) is 13.8 Å². The predicted octanol–water partition coefficient (Wildman–Crippen LogP) is 1.63. The summed E-state index contributed by atoms with van der Waals surface area (Å²) < 4.78 is 0.861. The number of aliphatic hydroxyl groups is 1. The van der Waals surface area contributed by atoms with E-state index >= 15 is 0 Å². The summed E-state index contributed by atoms with van der Waals surface area (Å²) in [6, 6.07) is 0. The van der Waals surface area contributed by atoms with Gasteiger partial charge in [0.25, 0.3) is 0 Å². The van der Waals surface area contributed by atoms with Crippen LogP contribution >= 0.6 is 15.9 Å². The summed E-state index contributed by atoms with van der Waals surface area (Å²) in [6.07, 6.45) is 2.31. The van der Waals surface area contributed by atoms with Crippen LogP contribution in [-0.4, -0.2) is 40.3 Å². The molecule has 0 aromatic carbocycles. The molecule has 2 rings (SSSR count). The third-order valence-corrected chi connectivity index (χ3v) is 3.60. The lowest BCUT2D eigenvalue weighted by molar-refractivity contribution is 0.0839. The molecule has 0 spiro atoms. The Kier molecular flexibility index (Phi) is 3.53. The largest absolute Gasteiger partial charge is 0.388 e. The first-order chi connectivity index (χ1) is 8.03. The maximum Gasteiger partial charge on any atom is 0.148 e. The fourth-order valence-electron chi connectivity index (χ4n) is 2.00. The van der Waals surface area contributed by atoms with Gasteiger partial charge in [-0.3, -0.25) is 0 Å². The maximum absolute atomic E-state index is 9.97. The van der Waals surface area contributed by atoms with Crippen LogP contribution in [0.1, 0.15) is 20.3 Å². The Morgan fingerprint density at radius 2 is 2.35 bits per heavy atom. The molecular formula is C11H17BrN4O. The zero-order chi connectivity index (χ0) is 12.5. The molecule has 2 heterocycles. The number of hydrogen-bond donors (Lipinski definition) is 2. The molecule has 94 valence electrons. The number of nitrogens with zero attached hydrogens (tertiary/aromatic N) is 3. The van der Waals surface area contributed by atoms with Crippen molar-refractivity contribution in [2.75, 3.05) is 29.9 Å². The van der Waals surface area contributed by atoms with E-state index in [0.717, 1.165) is 35.6 Å². The van der Waals surface area contributed by atoms with E-state index in [-0.39, 0.29) is 0 Å². The standard InChI is InChI=1S/C11H17BrN4O/c1-3-13-9-8(12)10(15-7-14-9)16-5-4-11(2,17)6-16/h7,17H,3-6H2,1-2H3,(H,13,14,15). The van der Waals surface area contributed by atoms with Gasteiger partial charge < -0.3 is 15.3 Å². The van der Waals surface area contributed by atoms with E-state index in [1.54, 1.807) is 6.33 Å². The van der Waals surface area contributed by atoms with Crippen molar-refractivity contribution in [1.82, 2.24) is 9.97 Å². The Bertz CT molecular complexity index is 410. The Hall–Kier alpha value is -0.880. The molecule has 0 bridgehead atoms. The van der Waals surface area contributed by atoms with Crippen molar-refractivity contribution in [2.24, 2.45) is 0 Å². The number of aromatic nitrogens is 2. The van der Waals surface area contributed by atoms with E-state index in [2.05, 4.69) is 36.1 Å². The SMILES string of the molecule is CCNc1ncnc(N2CCC(C)(O)C2)c1Br. The van der Waals surface area contributed by atoms with E-state index < -0.39 is 5.60 Å². The van der Waals surface area contributed by atoms with Gasteiger partial charge >= 0.3 is 0 Å². The molecule has 1 atom stereocenters. The first-order valence-electron chi connectivity index (χ1n) is 5.75. The van der Waals surface area contributed by atoms with Crippen LogP contribution in [0.5, 0.6) is 0 Å². The second-order valence-corrected chi connectivity index (χ2v) is 5.35. The highest BCUT2D eigenvalue weighted by Gasteiger charge is 2.33. The smallest absolute Gasteiger partial charge is 0.148 e. The Morgan fingerprint density at radius 3 is 2.94 bits per heavy atom. The van der Waals surface area contributed by atoms with Crippen LogP contribution < -0.4 is 10.2 Å². The average molecular weight is 301 g/mol. The number of β-amino-alcohol motifs (C(OH)–C–C–N with tert-alkyl or cyclic N) is 1. The third kappa shape index (κ3) is 2.69. The third-order valence-electron chi connectivity index (χ3n) is 2.87. The molecule has 0 amide bonds. The number of anilines is 2. The lowest BCUT2D eigenvalue weighted by atomic mass is 10.1. The summed E-state index contributed by atoms with van der Waals surface area (Å²) in [5.74, 6) is 1.64. The van der Waals surface area contributed by atoms with Gasteiger partial charge in [0.05, 0.1) is 5.60 Å². The molecule has 1 saturated heterocycles. The minimum atomic E-state index is -0.622. The Labute approximate surface area is 109 Å². The van der Waals surface area contributed by atoms with E-state index in [0.29, 0.717) is 6.54 Å². The molecule has 1 aromatic rings. The number of halogens is 1.